The van der Waals surface area contributed by atoms with E-state index in [1.165, 1.54) is 12.5 Å². The van der Waals surface area contributed by atoms with Gasteiger partial charge in [0.2, 0.25) is 5.91 Å². The minimum absolute atomic E-state index is 0.106. The molecule has 0 aliphatic rings. The number of rotatable bonds is 8. The highest BCUT2D eigenvalue weighted by molar-refractivity contribution is 5.73. The molecule has 2 N–H and O–H groups in total. The van der Waals surface area contributed by atoms with Gasteiger partial charge in [-0.15, -0.1) is 0 Å². The second-order valence-electron chi connectivity index (χ2n) is 5.14. The zero-order valence-corrected chi connectivity index (χ0v) is 12.9. The van der Waals surface area contributed by atoms with Crippen LogP contribution in [0.2, 0.25) is 0 Å². The van der Waals surface area contributed by atoms with E-state index >= 15 is 0 Å². The molecule has 0 aliphatic heterocycles. The number of hydrogen-bond acceptors (Lipinski definition) is 3. The summed E-state index contributed by atoms with van der Waals surface area (Å²) in [5.74, 6) is -0.963. The Kier molecular flexibility index (Phi) is 6.88. The van der Waals surface area contributed by atoms with E-state index in [0.29, 0.717) is 19.6 Å². The monoisotopic (exact) mass is 292 g/mol. The van der Waals surface area contributed by atoms with Crippen LogP contribution in [0.3, 0.4) is 0 Å². The lowest BCUT2D eigenvalue weighted by molar-refractivity contribution is -0.142. The molecule has 5 heteroatoms. The number of hydrogen-bond donors (Lipinski definition) is 2. The number of aryl methyl sites for hydroxylation is 1. The van der Waals surface area contributed by atoms with Crippen molar-refractivity contribution >= 4 is 11.9 Å². The molecule has 1 aromatic carbocycles. The van der Waals surface area contributed by atoms with E-state index in [1.54, 1.807) is 6.92 Å². The fourth-order valence-corrected chi connectivity index (χ4v) is 2.12. The van der Waals surface area contributed by atoms with Crippen molar-refractivity contribution in [3.63, 3.8) is 0 Å². The third-order valence-electron chi connectivity index (χ3n) is 3.46. The molecule has 0 aromatic heterocycles. The average molecular weight is 292 g/mol. The Labute approximate surface area is 126 Å². The van der Waals surface area contributed by atoms with Crippen LogP contribution < -0.4 is 5.32 Å². The Hall–Kier alpha value is -1.88. The Balaban J connectivity index is 2.75. The molecule has 0 saturated carbocycles. The maximum absolute atomic E-state index is 11.2. The highest BCUT2D eigenvalue weighted by Gasteiger charge is 2.20. The minimum Gasteiger partial charge on any atom is -0.480 e. The average Bonchev–Trinajstić information content (AvgIpc) is 2.45. The molecule has 1 amide bonds. The van der Waals surface area contributed by atoms with Gasteiger partial charge in [0.25, 0.3) is 0 Å². The summed E-state index contributed by atoms with van der Waals surface area (Å²) in [4.78, 5) is 24.0. The molecule has 0 spiro atoms. The van der Waals surface area contributed by atoms with E-state index in [0.717, 1.165) is 12.0 Å². The van der Waals surface area contributed by atoms with Gasteiger partial charge in [-0.3, -0.25) is 14.5 Å². The van der Waals surface area contributed by atoms with Gasteiger partial charge >= 0.3 is 5.97 Å². The zero-order chi connectivity index (χ0) is 15.8. The number of carboxylic acid groups (broad SMARTS) is 1. The number of carbonyl (C=O) groups is 2. The maximum Gasteiger partial charge on any atom is 0.320 e. The smallest absolute Gasteiger partial charge is 0.320 e. The van der Waals surface area contributed by atoms with Gasteiger partial charge in [0.05, 0.1) is 0 Å². The van der Waals surface area contributed by atoms with Gasteiger partial charge in [0.1, 0.15) is 6.04 Å². The molecule has 1 unspecified atom stereocenters. The van der Waals surface area contributed by atoms with Gasteiger partial charge < -0.3 is 10.4 Å². The number of carboxylic acids is 1. The van der Waals surface area contributed by atoms with Crippen molar-refractivity contribution in [1.82, 2.24) is 10.2 Å². The summed E-state index contributed by atoms with van der Waals surface area (Å²) in [5, 5.41) is 11.9. The summed E-state index contributed by atoms with van der Waals surface area (Å²) >= 11 is 0. The lowest BCUT2D eigenvalue weighted by Crippen LogP contribution is -2.42. The van der Waals surface area contributed by atoms with Crippen molar-refractivity contribution in [2.24, 2.45) is 0 Å². The summed E-state index contributed by atoms with van der Waals surface area (Å²) < 4.78 is 0. The molecule has 1 atom stereocenters. The molecule has 0 fully saturated rings. The van der Waals surface area contributed by atoms with Crippen LogP contribution in [-0.4, -0.2) is 41.0 Å². The molecule has 1 rings (SSSR count). The lowest BCUT2D eigenvalue weighted by Gasteiger charge is -2.26. The van der Waals surface area contributed by atoms with Crippen molar-refractivity contribution in [2.45, 2.75) is 39.8 Å². The topological polar surface area (TPSA) is 69.6 Å². The fraction of sp³-hybridized carbons (Fsp3) is 0.500. The van der Waals surface area contributed by atoms with Crippen LogP contribution >= 0.6 is 0 Å². The number of nitrogens with one attached hydrogen (secondary N) is 1. The van der Waals surface area contributed by atoms with E-state index in [9.17, 15) is 14.7 Å². The van der Waals surface area contributed by atoms with Crippen LogP contribution in [0.5, 0.6) is 0 Å². The van der Waals surface area contributed by atoms with Crippen LogP contribution in [0.4, 0.5) is 0 Å². The first-order valence-electron chi connectivity index (χ1n) is 7.23. The molecule has 0 aliphatic carbocycles. The normalized spacial score (nSPS) is 12.2. The van der Waals surface area contributed by atoms with E-state index in [-0.39, 0.29) is 5.91 Å². The standard InChI is InChI=1S/C16H24N2O3/c1-4-14-6-5-7-15(10-14)11-18(12(2)16(20)21)9-8-17-13(3)19/h5-7,10,12H,4,8-9,11H2,1-3H3,(H,17,19)(H,20,21). The van der Waals surface area contributed by atoms with E-state index in [1.807, 2.05) is 17.0 Å². The second-order valence-corrected chi connectivity index (χ2v) is 5.14. The first-order chi connectivity index (χ1) is 9.93. The predicted molar refractivity (Wildman–Crippen MR) is 82.0 cm³/mol. The number of benzene rings is 1. The third-order valence-corrected chi connectivity index (χ3v) is 3.46. The molecule has 0 bridgehead atoms. The van der Waals surface area contributed by atoms with Crippen LogP contribution in [0.1, 0.15) is 31.9 Å². The van der Waals surface area contributed by atoms with E-state index in [2.05, 4.69) is 24.4 Å². The molecule has 21 heavy (non-hydrogen) atoms. The zero-order valence-electron chi connectivity index (χ0n) is 12.9. The number of nitrogens with zero attached hydrogens (tertiary/aromatic N) is 1. The number of carbonyl (C=O) groups excluding carboxylic acids is 1. The summed E-state index contributed by atoms with van der Waals surface area (Å²) in [5.41, 5.74) is 2.32. The van der Waals surface area contributed by atoms with Gasteiger partial charge in [0, 0.05) is 26.6 Å². The maximum atomic E-state index is 11.2. The first-order valence-corrected chi connectivity index (χ1v) is 7.23. The minimum atomic E-state index is -0.857. The molecule has 1 aromatic rings. The fourth-order valence-electron chi connectivity index (χ4n) is 2.12. The van der Waals surface area contributed by atoms with E-state index in [4.69, 9.17) is 0 Å². The van der Waals surface area contributed by atoms with Crippen molar-refractivity contribution in [2.75, 3.05) is 13.1 Å². The molecular weight excluding hydrogens is 268 g/mol. The Morgan fingerprint density at radius 1 is 1.33 bits per heavy atom. The van der Waals surface area contributed by atoms with Gasteiger partial charge in [0.15, 0.2) is 0 Å². The molecular formula is C16H24N2O3. The van der Waals surface area contributed by atoms with Crippen LogP contribution in [-0.2, 0) is 22.6 Å². The van der Waals surface area contributed by atoms with E-state index < -0.39 is 12.0 Å². The first kappa shape index (κ1) is 17.2. The number of amides is 1. The van der Waals surface area contributed by atoms with Gasteiger partial charge in [-0.1, -0.05) is 31.2 Å². The van der Waals surface area contributed by atoms with Crippen molar-refractivity contribution in [3.05, 3.63) is 35.4 Å². The summed E-state index contributed by atoms with van der Waals surface area (Å²) in [6.45, 7) is 6.72. The Morgan fingerprint density at radius 3 is 2.57 bits per heavy atom. The molecule has 0 radical (unpaired) electrons. The largest absolute Gasteiger partial charge is 0.480 e. The van der Waals surface area contributed by atoms with Crippen LogP contribution in [0, 0.1) is 0 Å². The van der Waals surface area contributed by atoms with Gasteiger partial charge in [-0.25, -0.2) is 0 Å². The quantitative estimate of drug-likeness (QED) is 0.764. The summed E-state index contributed by atoms with van der Waals surface area (Å²) in [7, 11) is 0. The molecule has 116 valence electrons. The highest BCUT2D eigenvalue weighted by Crippen LogP contribution is 2.11. The van der Waals surface area contributed by atoms with Gasteiger partial charge in [-0.05, 0) is 24.5 Å². The second kappa shape index (κ2) is 8.42. The summed E-state index contributed by atoms with van der Waals surface area (Å²) in [6, 6.07) is 7.56. The summed E-state index contributed by atoms with van der Waals surface area (Å²) in [6.07, 6.45) is 0.953. The Bertz CT molecular complexity index is 488. The molecule has 0 saturated heterocycles. The van der Waals surface area contributed by atoms with Crippen LogP contribution in [0.25, 0.3) is 0 Å². The van der Waals surface area contributed by atoms with Crippen molar-refractivity contribution in [1.29, 1.82) is 0 Å². The van der Waals surface area contributed by atoms with Crippen LogP contribution in [0.15, 0.2) is 24.3 Å². The predicted octanol–water partition coefficient (Wildman–Crippen LogP) is 1.66. The SMILES string of the molecule is CCc1cccc(CN(CCNC(C)=O)C(C)C(=O)O)c1. The van der Waals surface area contributed by atoms with Gasteiger partial charge in [-0.2, -0.15) is 0 Å². The number of aliphatic carboxylic acids is 1. The third kappa shape index (κ3) is 5.95. The molecule has 0 heterocycles. The Morgan fingerprint density at radius 2 is 2.00 bits per heavy atom. The van der Waals surface area contributed by atoms with Crippen molar-refractivity contribution < 1.29 is 14.7 Å². The highest BCUT2D eigenvalue weighted by atomic mass is 16.4. The van der Waals surface area contributed by atoms with Crippen molar-refractivity contribution in [3.8, 4) is 0 Å². The lowest BCUT2D eigenvalue weighted by atomic mass is 10.1. The molecule has 5 nitrogen and oxygen atoms in total.